The van der Waals surface area contributed by atoms with E-state index in [9.17, 15) is 14.7 Å². The van der Waals surface area contributed by atoms with E-state index in [1.165, 1.54) is 10.4 Å². The summed E-state index contributed by atoms with van der Waals surface area (Å²) < 4.78 is 17.6. The summed E-state index contributed by atoms with van der Waals surface area (Å²) in [6, 6.07) is 20.7. The van der Waals surface area contributed by atoms with Crippen LogP contribution in [-0.2, 0) is 18.7 Å². The first kappa shape index (κ1) is 28.9. The number of alkyl carbamates (subject to hydrolysis) is 1. The highest BCUT2D eigenvalue weighted by atomic mass is 28.4. The fourth-order valence-electron chi connectivity index (χ4n) is 4.96. The lowest BCUT2D eigenvalue weighted by atomic mass is 9.96. The molecule has 0 saturated carbocycles. The number of aliphatic hydroxyl groups excluding tert-OH is 1. The summed E-state index contributed by atoms with van der Waals surface area (Å²) >= 11 is 0. The molecule has 1 amide bonds. The maximum Gasteiger partial charge on any atom is 0.407 e. The van der Waals surface area contributed by atoms with Crippen LogP contribution in [0.3, 0.4) is 0 Å². The number of benzene rings is 2. The first-order chi connectivity index (χ1) is 17.3. The molecule has 1 fully saturated rings. The number of hydrogen-bond acceptors (Lipinski definition) is 6. The van der Waals surface area contributed by atoms with E-state index in [-0.39, 0.29) is 18.0 Å². The van der Waals surface area contributed by atoms with Gasteiger partial charge in [-0.15, -0.1) is 0 Å². The standard InChI is InChI=1S/C29H41NO6Si/c1-28(2,3)36-27(33)30-19-17-23-25(31)24(35-26(23)32)18-20-34-37(29(4,5)6,21-13-9-7-10-14-21)22-15-11-8-12-16-22/h7-16,23-25,31H,17-20H2,1-6H3,(H,30,33)/t23-,24+,25+/m1/s1. The van der Waals surface area contributed by atoms with Crippen LogP contribution < -0.4 is 15.7 Å². The number of aliphatic hydroxyl groups is 1. The lowest BCUT2D eigenvalue weighted by Crippen LogP contribution is -2.66. The average molecular weight is 528 g/mol. The number of hydrogen-bond donors (Lipinski definition) is 2. The third kappa shape index (κ3) is 7.00. The summed E-state index contributed by atoms with van der Waals surface area (Å²) in [6.07, 6.45) is -1.52. The van der Waals surface area contributed by atoms with Gasteiger partial charge in [0.15, 0.2) is 0 Å². The maximum atomic E-state index is 12.5. The van der Waals surface area contributed by atoms with Crippen LogP contribution >= 0.6 is 0 Å². The van der Waals surface area contributed by atoms with E-state index >= 15 is 0 Å². The van der Waals surface area contributed by atoms with Crippen LogP contribution in [0.4, 0.5) is 4.79 Å². The van der Waals surface area contributed by atoms with E-state index < -0.39 is 44.1 Å². The van der Waals surface area contributed by atoms with E-state index in [4.69, 9.17) is 13.9 Å². The van der Waals surface area contributed by atoms with Gasteiger partial charge in [0.25, 0.3) is 8.32 Å². The fourth-order valence-corrected chi connectivity index (χ4v) is 9.54. The van der Waals surface area contributed by atoms with E-state index in [1.54, 1.807) is 20.8 Å². The average Bonchev–Trinajstić information content (AvgIpc) is 3.08. The molecular weight excluding hydrogens is 486 g/mol. The second kappa shape index (κ2) is 11.8. The molecule has 2 aromatic carbocycles. The molecule has 0 bridgehead atoms. The minimum Gasteiger partial charge on any atom is -0.459 e. The molecular formula is C29H41NO6Si. The molecule has 2 N–H and O–H groups in total. The summed E-state index contributed by atoms with van der Waals surface area (Å²) in [5.41, 5.74) is -0.605. The van der Waals surface area contributed by atoms with Crippen LogP contribution in [0.5, 0.6) is 0 Å². The van der Waals surface area contributed by atoms with Crippen molar-refractivity contribution in [3.05, 3.63) is 60.7 Å². The lowest BCUT2D eigenvalue weighted by molar-refractivity contribution is -0.144. The summed E-state index contributed by atoms with van der Waals surface area (Å²) in [5.74, 6) is -1.15. The smallest absolute Gasteiger partial charge is 0.407 e. The number of amides is 1. The first-order valence-corrected chi connectivity index (χ1v) is 14.9. The Hall–Kier alpha value is -2.68. The zero-order valence-corrected chi connectivity index (χ0v) is 23.8. The van der Waals surface area contributed by atoms with Crippen molar-refractivity contribution in [2.45, 2.75) is 77.2 Å². The Bertz CT molecular complexity index is 992. The van der Waals surface area contributed by atoms with Crippen LogP contribution in [0.15, 0.2) is 60.7 Å². The Labute approximate surface area is 221 Å². The van der Waals surface area contributed by atoms with Gasteiger partial charge in [-0.05, 0) is 42.6 Å². The van der Waals surface area contributed by atoms with Crippen LogP contribution in [0.25, 0.3) is 0 Å². The number of nitrogens with one attached hydrogen (secondary N) is 1. The van der Waals surface area contributed by atoms with Crippen molar-refractivity contribution >= 4 is 30.8 Å². The van der Waals surface area contributed by atoms with E-state index in [0.29, 0.717) is 13.0 Å². The van der Waals surface area contributed by atoms with Gasteiger partial charge in [0.05, 0.1) is 5.92 Å². The molecule has 1 heterocycles. The molecule has 0 spiro atoms. The van der Waals surface area contributed by atoms with Crippen LogP contribution in [-0.4, -0.2) is 56.4 Å². The van der Waals surface area contributed by atoms with Crippen LogP contribution in [0.1, 0.15) is 54.4 Å². The molecule has 3 rings (SSSR count). The normalized spacial score (nSPS) is 20.4. The molecule has 0 aliphatic carbocycles. The largest absolute Gasteiger partial charge is 0.459 e. The quantitative estimate of drug-likeness (QED) is 0.381. The zero-order chi connectivity index (χ0) is 27.3. The Morgan fingerprint density at radius 1 is 0.946 bits per heavy atom. The topological polar surface area (TPSA) is 94.1 Å². The van der Waals surface area contributed by atoms with Gasteiger partial charge < -0.3 is 24.3 Å². The minimum atomic E-state index is -2.71. The predicted octanol–water partition coefficient (Wildman–Crippen LogP) is 3.77. The van der Waals surface area contributed by atoms with Crippen molar-refractivity contribution in [3.63, 3.8) is 0 Å². The van der Waals surface area contributed by atoms with Gasteiger partial charge in [0.1, 0.15) is 17.8 Å². The molecule has 8 heteroatoms. The second-order valence-corrected chi connectivity index (χ2v) is 15.9. The molecule has 1 aliphatic heterocycles. The van der Waals surface area contributed by atoms with Crippen LogP contribution in [0.2, 0.25) is 5.04 Å². The van der Waals surface area contributed by atoms with Gasteiger partial charge in [0.2, 0.25) is 0 Å². The summed E-state index contributed by atoms with van der Waals surface area (Å²) in [4.78, 5) is 24.4. The van der Waals surface area contributed by atoms with E-state index in [1.807, 2.05) is 36.4 Å². The van der Waals surface area contributed by atoms with E-state index in [0.717, 1.165) is 0 Å². The first-order valence-electron chi connectivity index (χ1n) is 13.0. The fraction of sp³-hybridized carbons (Fsp3) is 0.517. The third-order valence-electron chi connectivity index (χ3n) is 6.62. The molecule has 1 aliphatic rings. The molecule has 202 valence electrons. The van der Waals surface area contributed by atoms with Gasteiger partial charge >= 0.3 is 12.1 Å². The third-order valence-corrected chi connectivity index (χ3v) is 11.7. The molecule has 7 nitrogen and oxygen atoms in total. The maximum absolute atomic E-state index is 12.5. The summed E-state index contributed by atoms with van der Waals surface area (Å²) in [7, 11) is -2.71. The van der Waals surface area contributed by atoms with Crippen molar-refractivity contribution < 1.29 is 28.6 Å². The Morgan fingerprint density at radius 3 is 1.97 bits per heavy atom. The SMILES string of the molecule is CC(C)(C)OC(=O)NCC[C@H]1C(=O)O[C@@H](CCO[Si](c2ccccc2)(c2ccccc2)C(C)(C)C)[C@H]1O. The van der Waals surface area contributed by atoms with Crippen molar-refractivity contribution in [1.82, 2.24) is 5.32 Å². The van der Waals surface area contributed by atoms with Gasteiger partial charge in [0, 0.05) is 19.6 Å². The number of ether oxygens (including phenoxy) is 2. The number of carbonyl (C=O) groups is 2. The summed E-state index contributed by atoms with van der Waals surface area (Å²) in [5, 5.41) is 15.7. The number of carbonyl (C=O) groups excluding carboxylic acids is 2. The highest BCUT2D eigenvalue weighted by Gasteiger charge is 2.50. The van der Waals surface area contributed by atoms with Gasteiger partial charge in [-0.1, -0.05) is 81.4 Å². The Kier molecular flexibility index (Phi) is 9.21. The number of esters is 1. The van der Waals surface area contributed by atoms with Crippen molar-refractivity contribution in [1.29, 1.82) is 0 Å². The van der Waals surface area contributed by atoms with Gasteiger partial charge in [-0.25, -0.2) is 4.79 Å². The van der Waals surface area contributed by atoms with Crippen molar-refractivity contribution in [2.24, 2.45) is 5.92 Å². The van der Waals surface area contributed by atoms with Crippen LogP contribution in [0, 0.1) is 5.92 Å². The molecule has 1 saturated heterocycles. The molecule has 2 aromatic rings. The van der Waals surface area contributed by atoms with Crippen molar-refractivity contribution in [2.75, 3.05) is 13.2 Å². The molecule has 3 atom stereocenters. The second-order valence-electron chi connectivity index (χ2n) is 11.6. The highest BCUT2D eigenvalue weighted by Crippen LogP contribution is 2.37. The monoisotopic (exact) mass is 527 g/mol. The molecule has 37 heavy (non-hydrogen) atoms. The predicted molar refractivity (Wildman–Crippen MR) is 146 cm³/mol. The number of cyclic esters (lactones) is 1. The summed E-state index contributed by atoms with van der Waals surface area (Å²) in [6.45, 7) is 12.5. The van der Waals surface area contributed by atoms with Gasteiger partial charge in [-0.2, -0.15) is 0 Å². The minimum absolute atomic E-state index is 0.170. The van der Waals surface area contributed by atoms with E-state index in [2.05, 4.69) is 50.4 Å². The zero-order valence-electron chi connectivity index (χ0n) is 22.8. The van der Waals surface area contributed by atoms with Gasteiger partial charge in [-0.3, -0.25) is 4.79 Å². The Morgan fingerprint density at radius 2 is 1.49 bits per heavy atom. The Balaban J connectivity index is 1.67. The molecule has 0 aromatic heterocycles. The number of rotatable bonds is 9. The molecule has 0 unspecified atom stereocenters. The van der Waals surface area contributed by atoms with Crippen molar-refractivity contribution in [3.8, 4) is 0 Å². The lowest BCUT2D eigenvalue weighted by Gasteiger charge is -2.43. The highest BCUT2D eigenvalue weighted by molar-refractivity contribution is 6.99. The molecule has 0 radical (unpaired) electrons.